The Kier molecular flexibility index (Phi) is 2.13. The summed E-state index contributed by atoms with van der Waals surface area (Å²) in [6.07, 6.45) is 6.03. The molecule has 0 aliphatic heterocycles. The maximum atomic E-state index is 5.84. The molecule has 0 N–H and O–H groups in total. The fourth-order valence-corrected chi connectivity index (χ4v) is 4.00. The van der Waals surface area contributed by atoms with Crippen molar-refractivity contribution in [1.82, 2.24) is 0 Å². The van der Waals surface area contributed by atoms with Gasteiger partial charge in [0.25, 0.3) is 0 Å². The molecule has 21 heavy (non-hydrogen) atoms. The molecule has 0 saturated carbocycles. The van der Waals surface area contributed by atoms with Gasteiger partial charge in [-0.3, -0.25) is 0 Å². The van der Waals surface area contributed by atoms with E-state index in [4.69, 9.17) is 8.83 Å². The molecule has 2 aliphatic rings. The minimum absolute atomic E-state index is 1.02. The van der Waals surface area contributed by atoms with Gasteiger partial charge in [-0.1, -0.05) is 12.1 Å². The number of aryl methyl sites for hydroxylation is 3. The third-order valence-electron chi connectivity index (χ3n) is 4.89. The second-order valence-corrected chi connectivity index (χ2v) is 6.07. The summed E-state index contributed by atoms with van der Waals surface area (Å²) in [5, 5.41) is 0. The fourth-order valence-electron chi connectivity index (χ4n) is 4.00. The van der Waals surface area contributed by atoms with Gasteiger partial charge < -0.3 is 8.83 Å². The Hall–Kier alpha value is -2.22. The standard InChI is InChI=1S/C19H16O2/c1-11-10-17-15-3-2-14-12(13(15)5-7-19(17)21-11)4-6-18-16(14)8-9-20-18/h2-3,8-10H,4-7H2,1H3. The van der Waals surface area contributed by atoms with E-state index in [-0.39, 0.29) is 0 Å². The van der Waals surface area contributed by atoms with Crippen molar-refractivity contribution >= 4 is 0 Å². The molecule has 2 heterocycles. The van der Waals surface area contributed by atoms with Crippen LogP contribution in [0.1, 0.15) is 28.4 Å². The molecule has 2 aromatic heterocycles. The second-order valence-electron chi connectivity index (χ2n) is 6.07. The topological polar surface area (TPSA) is 26.3 Å². The monoisotopic (exact) mass is 276 g/mol. The molecule has 0 atom stereocenters. The highest BCUT2D eigenvalue weighted by molar-refractivity contribution is 5.81. The smallest absolute Gasteiger partial charge is 0.112 e. The second kappa shape index (κ2) is 3.91. The lowest BCUT2D eigenvalue weighted by molar-refractivity contribution is 0.481. The van der Waals surface area contributed by atoms with Crippen molar-refractivity contribution in [3.8, 4) is 22.3 Å². The summed E-state index contributed by atoms with van der Waals surface area (Å²) in [6, 6.07) is 8.82. The average molecular weight is 276 g/mol. The van der Waals surface area contributed by atoms with Gasteiger partial charge in [0.15, 0.2) is 0 Å². The van der Waals surface area contributed by atoms with Crippen molar-refractivity contribution in [2.24, 2.45) is 0 Å². The van der Waals surface area contributed by atoms with Crippen LogP contribution in [0.2, 0.25) is 0 Å². The third kappa shape index (κ3) is 1.48. The highest BCUT2D eigenvalue weighted by Gasteiger charge is 2.27. The van der Waals surface area contributed by atoms with Gasteiger partial charge in [-0.15, -0.1) is 0 Å². The largest absolute Gasteiger partial charge is 0.469 e. The first-order chi connectivity index (χ1) is 10.3. The lowest BCUT2D eigenvalue weighted by Crippen LogP contribution is -2.10. The van der Waals surface area contributed by atoms with Crippen molar-refractivity contribution in [1.29, 1.82) is 0 Å². The summed E-state index contributed by atoms with van der Waals surface area (Å²) >= 11 is 0. The Labute approximate surface area is 123 Å². The zero-order valence-corrected chi connectivity index (χ0v) is 12.0. The highest BCUT2D eigenvalue weighted by Crippen LogP contribution is 2.43. The lowest BCUT2D eigenvalue weighted by Gasteiger charge is -2.24. The van der Waals surface area contributed by atoms with E-state index in [1.165, 1.54) is 33.4 Å². The van der Waals surface area contributed by atoms with Gasteiger partial charge in [-0.2, -0.15) is 0 Å². The molecule has 0 spiro atoms. The number of rotatable bonds is 0. The van der Waals surface area contributed by atoms with Crippen molar-refractivity contribution in [3.63, 3.8) is 0 Å². The van der Waals surface area contributed by atoms with Crippen LogP contribution in [-0.4, -0.2) is 0 Å². The van der Waals surface area contributed by atoms with E-state index in [1.807, 2.05) is 13.2 Å². The Bertz CT molecular complexity index is 864. The molecule has 0 amide bonds. The van der Waals surface area contributed by atoms with Crippen LogP contribution in [0.15, 0.2) is 39.4 Å². The molecule has 5 rings (SSSR count). The average Bonchev–Trinajstić information content (AvgIpc) is 3.11. The zero-order chi connectivity index (χ0) is 14.0. The van der Waals surface area contributed by atoms with E-state index in [0.29, 0.717) is 0 Å². The SMILES string of the molecule is Cc1cc2c(o1)CCc1c-2ccc2c1CCc1occc1-2. The molecule has 0 fully saturated rings. The predicted molar refractivity (Wildman–Crippen MR) is 81.4 cm³/mol. The molecule has 0 bridgehead atoms. The first kappa shape index (κ1) is 11.4. The summed E-state index contributed by atoms with van der Waals surface area (Å²) in [7, 11) is 0. The van der Waals surface area contributed by atoms with E-state index in [1.54, 1.807) is 0 Å². The van der Waals surface area contributed by atoms with Gasteiger partial charge in [0, 0.05) is 24.0 Å². The third-order valence-corrected chi connectivity index (χ3v) is 4.89. The molecule has 3 aromatic rings. The maximum Gasteiger partial charge on any atom is 0.112 e. The number of hydrogen-bond acceptors (Lipinski definition) is 2. The van der Waals surface area contributed by atoms with Gasteiger partial charge in [0.2, 0.25) is 0 Å². The summed E-state index contributed by atoms with van der Waals surface area (Å²) in [5.41, 5.74) is 8.37. The van der Waals surface area contributed by atoms with Gasteiger partial charge in [-0.25, -0.2) is 0 Å². The first-order valence-electron chi connectivity index (χ1n) is 7.62. The minimum Gasteiger partial charge on any atom is -0.469 e. The quantitative estimate of drug-likeness (QED) is 0.594. The summed E-state index contributed by atoms with van der Waals surface area (Å²) in [6.45, 7) is 2.04. The van der Waals surface area contributed by atoms with Crippen molar-refractivity contribution in [2.75, 3.05) is 0 Å². The Morgan fingerprint density at radius 2 is 1.48 bits per heavy atom. The number of hydrogen-bond donors (Lipinski definition) is 0. The van der Waals surface area contributed by atoms with E-state index < -0.39 is 0 Å². The molecule has 0 radical (unpaired) electrons. The Morgan fingerprint density at radius 3 is 2.29 bits per heavy atom. The van der Waals surface area contributed by atoms with Gasteiger partial charge in [-0.05, 0) is 54.2 Å². The molecule has 1 aromatic carbocycles. The van der Waals surface area contributed by atoms with Crippen LogP contribution in [0, 0.1) is 6.92 Å². The van der Waals surface area contributed by atoms with Crippen LogP contribution in [0.5, 0.6) is 0 Å². The summed E-state index contributed by atoms with van der Waals surface area (Å²) in [4.78, 5) is 0. The van der Waals surface area contributed by atoms with Crippen LogP contribution in [0.4, 0.5) is 0 Å². The van der Waals surface area contributed by atoms with Crippen LogP contribution >= 0.6 is 0 Å². The molecule has 0 unspecified atom stereocenters. The fraction of sp³-hybridized carbons (Fsp3) is 0.263. The van der Waals surface area contributed by atoms with Gasteiger partial charge in [0.1, 0.15) is 17.3 Å². The first-order valence-corrected chi connectivity index (χ1v) is 7.62. The number of furan rings is 2. The van der Waals surface area contributed by atoms with Crippen molar-refractivity contribution in [3.05, 3.63) is 58.9 Å². The van der Waals surface area contributed by atoms with Crippen molar-refractivity contribution in [2.45, 2.75) is 32.6 Å². The van der Waals surface area contributed by atoms with E-state index in [2.05, 4.69) is 24.3 Å². The van der Waals surface area contributed by atoms with E-state index in [0.717, 1.165) is 43.0 Å². The molecular formula is C19H16O2. The lowest BCUT2D eigenvalue weighted by atomic mass is 9.79. The van der Waals surface area contributed by atoms with E-state index >= 15 is 0 Å². The van der Waals surface area contributed by atoms with Gasteiger partial charge in [0.05, 0.1) is 6.26 Å². The maximum absolute atomic E-state index is 5.84. The molecule has 0 saturated heterocycles. The van der Waals surface area contributed by atoms with Crippen LogP contribution in [0.25, 0.3) is 22.3 Å². The molecule has 104 valence electrons. The molecule has 2 heteroatoms. The normalized spacial score (nSPS) is 15.1. The molecule has 2 aliphatic carbocycles. The summed E-state index contributed by atoms with van der Waals surface area (Å²) < 4.78 is 11.4. The highest BCUT2D eigenvalue weighted by atomic mass is 16.3. The predicted octanol–water partition coefficient (Wildman–Crippen LogP) is 4.71. The summed E-state index contributed by atoms with van der Waals surface area (Å²) in [5.74, 6) is 3.31. The Balaban J connectivity index is 1.78. The van der Waals surface area contributed by atoms with Crippen LogP contribution < -0.4 is 0 Å². The number of benzene rings is 1. The van der Waals surface area contributed by atoms with E-state index in [9.17, 15) is 0 Å². The zero-order valence-electron chi connectivity index (χ0n) is 12.0. The molecule has 2 nitrogen and oxygen atoms in total. The molecular weight excluding hydrogens is 260 g/mol. The minimum atomic E-state index is 1.02. The Morgan fingerprint density at radius 1 is 0.762 bits per heavy atom. The number of fused-ring (bicyclic) bond motifs is 7. The van der Waals surface area contributed by atoms with Crippen molar-refractivity contribution < 1.29 is 8.83 Å². The van der Waals surface area contributed by atoms with Gasteiger partial charge >= 0.3 is 0 Å². The van der Waals surface area contributed by atoms with Crippen LogP contribution in [-0.2, 0) is 25.7 Å². The van der Waals surface area contributed by atoms with Crippen LogP contribution in [0.3, 0.4) is 0 Å².